The molecule has 0 aliphatic heterocycles. The lowest BCUT2D eigenvalue weighted by atomic mass is 9.46. The largest absolute Gasteiger partial charge is 0.475 e. The molecular weight excluding hydrogens is 348 g/mol. The van der Waals surface area contributed by atoms with E-state index in [-0.39, 0.29) is 42.2 Å². The Morgan fingerprint density at radius 3 is 2.56 bits per heavy atom. The van der Waals surface area contributed by atoms with E-state index < -0.39 is 28.2 Å². The Bertz CT molecular complexity index is 838. The van der Waals surface area contributed by atoms with Gasteiger partial charge in [-0.25, -0.2) is 4.79 Å². The Labute approximate surface area is 157 Å². The van der Waals surface area contributed by atoms with Gasteiger partial charge in [0.05, 0.1) is 0 Å². The van der Waals surface area contributed by atoms with Crippen molar-refractivity contribution in [1.29, 1.82) is 0 Å². The molecule has 6 heteroatoms. The molecule has 3 fully saturated rings. The van der Waals surface area contributed by atoms with Gasteiger partial charge in [-0.2, -0.15) is 0 Å². The van der Waals surface area contributed by atoms with Crippen LogP contribution in [0.4, 0.5) is 0 Å². The number of rotatable bonds is 2. The van der Waals surface area contributed by atoms with Crippen molar-refractivity contribution in [3.05, 3.63) is 23.8 Å². The predicted octanol–water partition coefficient (Wildman–Crippen LogP) is 1.86. The average Bonchev–Trinajstić information content (AvgIpc) is 2.86. The van der Waals surface area contributed by atoms with E-state index in [1.807, 2.05) is 13.0 Å². The van der Waals surface area contributed by atoms with E-state index in [9.17, 15) is 29.4 Å². The fraction of sp³-hybridized carbons (Fsp3) is 0.619. The molecule has 0 spiro atoms. The number of carboxylic acid groups (broad SMARTS) is 1. The second-order valence-electron chi connectivity index (χ2n) is 9.07. The van der Waals surface area contributed by atoms with Gasteiger partial charge in [-0.05, 0) is 49.7 Å². The summed E-state index contributed by atoms with van der Waals surface area (Å²) in [5, 5.41) is 20.3. The molecule has 0 heterocycles. The number of allylic oxidation sites excluding steroid dienone is 4. The molecule has 27 heavy (non-hydrogen) atoms. The second kappa shape index (κ2) is 5.47. The molecule has 144 valence electrons. The standard InChI is InChI=1S/C21H24O6/c1-19-7-5-12(22)9-11(19)3-4-13-14-6-8-21(27,17(24)18(25)26)20(14,2)10-15(23)16(13)19/h5,7,9,13-14,16,27H,3-4,6,8,10H2,1-2H3,(H,25,26)/t13-,14-,16+,19-,20-,21-/m0/s1. The molecule has 4 rings (SSSR count). The molecule has 4 aliphatic rings. The van der Waals surface area contributed by atoms with Crippen LogP contribution in [0.2, 0.25) is 0 Å². The average molecular weight is 372 g/mol. The van der Waals surface area contributed by atoms with E-state index in [4.69, 9.17) is 0 Å². The number of hydrogen-bond acceptors (Lipinski definition) is 5. The summed E-state index contributed by atoms with van der Waals surface area (Å²) in [5.41, 5.74) is -2.61. The van der Waals surface area contributed by atoms with Crippen molar-refractivity contribution in [3.8, 4) is 0 Å². The summed E-state index contributed by atoms with van der Waals surface area (Å²) in [4.78, 5) is 48.7. The van der Waals surface area contributed by atoms with Crippen LogP contribution in [0.1, 0.15) is 46.0 Å². The first-order chi connectivity index (χ1) is 12.5. The molecule has 6 atom stereocenters. The third-order valence-corrected chi connectivity index (χ3v) is 7.98. The third kappa shape index (κ3) is 2.16. The van der Waals surface area contributed by atoms with Crippen LogP contribution in [0.15, 0.2) is 23.8 Å². The molecule has 0 aromatic rings. The highest BCUT2D eigenvalue weighted by Crippen LogP contribution is 2.66. The van der Waals surface area contributed by atoms with Gasteiger partial charge in [-0.1, -0.05) is 25.5 Å². The summed E-state index contributed by atoms with van der Waals surface area (Å²) in [6.07, 6.45) is 6.98. The van der Waals surface area contributed by atoms with Gasteiger partial charge in [0, 0.05) is 23.2 Å². The molecule has 0 aromatic heterocycles. The molecular formula is C21H24O6. The molecule has 4 aliphatic carbocycles. The SMILES string of the molecule is C[C@]12C=CC(=O)C=C1CC[C@@H]1[C@@H]2C(=O)C[C@@]2(C)[C@H]1CC[C@]2(O)C(=O)C(=O)O. The van der Waals surface area contributed by atoms with Crippen LogP contribution in [0.5, 0.6) is 0 Å². The summed E-state index contributed by atoms with van der Waals surface area (Å²) in [5.74, 6) is -3.40. The zero-order valence-electron chi connectivity index (χ0n) is 15.5. The molecule has 0 bridgehead atoms. The van der Waals surface area contributed by atoms with Crippen molar-refractivity contribution < 1.29 is 29.4 Å². The van der Waals surface area contributed by atoms with Gasteiger partial charge < -0.3 is 10.2 Å². The van der Waals surface area contributed by atoms with Crippen molar-refractivity contribution in [2.75, 3.05) is 0 Å². The minimum atomic E-state index is -2.00. The van der Waals surface area contributed by atoms with Crippen LogP contribution in [-0.4, -0.2) is 39.1 Å². The maximum absolute atomic E-state index is 13.3. The highest BCUT2D eigenvalue weighted by molar-refractivity contribution is 6.36. The van der Waals surface area contributed by atoms with E-state index in [1.54, 1.807) is 13.0 Å². The van der Waals surface area contributed by atoms with Gasteiger partial charge in [-0.3, -0.25) is 14.4 Å². The van der Waals surface area contributed by atoms with Crippen LogP contribution in [-0.2, 0) is 19.2 Å². The number of fused-ring (bicyclic) bond motifs is 5. The summed E-state index contributed by atoms with van der Waals surface area (Å²) in [6, 6.07) is 0. The maximum atomic E-state index is 13.3. The Morgan fingerprint density at radius 2 is 1.89 bits per heavy atom. The Kier molecular flexibility index (Phi) is 3.71. The number of ketones is 3. The Balaban J connectivity index is 1.76. The summed E-state index contributed by atoms with van der Waals surface area (Å²) in [6.45, 7) is 3.69. The van der Waals surface area contributed by atoms with E-state index in [0.717, 1.165) is 5.57 Å². The van der Waals surface area contributed by atoms with Gasteiger partial charge in [0.25, 0.3) is 5.78 Å². The minimum Gasteiger partial charge on any atom is -0.475 e. The van der Waals surface area contributed by atoms with Gasteiger partial charge in [0.2, 0.25) is 0 Å². The number of aliphatic hydroxyl groups is 1. The minimum absolute atomic E-state index is 0.0149. The van der Waals surface area contributed by atoms with Crippen LogP contribution >= 0.6 is 0 Å². The number of hydrogen-bond donors (Lipinski definition) is 2. The third-order valence-electron chi connectivity index (χ3n) is 7.98. The van der Waals surface area contributed by atoms with Crippen molar-refractivity contribution in [1.82, 2.24) is 0 Å². The predicted molar refractivity (Wildman–Crippen MR) is 94.6 cm³/mol. The molecule has 0 saturated heterocycles. The fourth-order valence-electron chi connectivity index (χ4n) is 6.58. The highest BCUT2D eigenvalue weighted by Gasteiger charge is 2.69. The normalized spacial score (nSPS) is 45.6. The molecule has 2 N–H and O–H groups in total. The van der Waals surface area contributed by atoms with E-state index >= 15 is 0 Å². The van der Waals surface area contributed by atoms with Gasteiger partial charge in [-0.15, -0.1) is 0 Å². The topological polar surface area (TPSA) is 109 Å². The monoisotopic (exact) mass is 372 g/mol. The van der Waals surface area contributed by atoms with Gasteiger partial charge >= 0.3 is 5.97 Å². The lowest BCUT2D eigenvalue weighted by Crippen LogP contribution is -2.61. The van der Waals surface area contributed by atoms with E-state index in [2.05, 4.69) is 0 Å². The summed E-state index contributed by atoms with van der Waals surface area (Å²) < 4.78 is 0. The number of Topliss-reactive ketones (excluding diaryl/α,β-unsaturated/α-hetero) is 2. The Hall–Kier alpha value is -2.08. The number of carboxylic acids is 1. The molecule has 3 saturated carbocycles. The summed E-state index contributed by atoms with van der Waals surface area (Å²) >= 11 is 0. The zero-order chi connectivity index (χ0) is 19.8. The van der Waals surface area contributed by atoms with Crippen LogP contribution in [0.3, 0.4) is 0 Å². The smallest absolute Gasteiger partial charge is 0.375 e. The van der Waals surface area contributed by atoms with Crippen molar-refractivity contribution >= 4 is 23.3 Å². The zero-order valence-corrected chi connectivity index (χ0v) is 15.5. The van der Waals surface area contributed by atoms with Crippen molar-refractivity contribution in [2.45, 2.75) is 51.6 Å². The quantitative estimate of drug-likeness (QED) is 0.716. The van der Waals surface area contributed by atoms with Crippen molar-refractivity contribution in [3.63, 3.8) is 0 Å². The maximum Gasteiger partial charge on any atom is 0.375 e. The first-order valence-corrected chi connectivity index (χ1v) is 9.52. The molecule has 0 unspecified atom stereocenters. The van der Waals surface area contributed by atoms with Gasteiger partial charge in [0.1, 0.15) is 11.4 Å². The molecule has 6 nitrogen and oxygen atoms in total. The molecule has 0 amide bonds. The first kappa shape index (κ1) is 18.3. The summed E-state index contributed by atoms with van der Waals surface area (Å²) in [7, 11) is 0. The van der Waals surface area contributed by atoms with E-state index in [0.29, 0.717) is 19.3 Å². The molecule has 0 radical (unpaired) electrons. The first-order valence-electron chi connectivity index (χ1n) is 9.52. The van der Waals surface area contributed by atoms with Crippen LogP contribution in [0.25, 0.3) is 0 Å². The van der Waals surface area contributed by atoms with Crippen LogP contribution < -0.4 is 0 Å². The van der Waals surface area contributed by atoms with Crippen LogP contribution in [0, 0.1) is 28.6 Å². The van der Waals surface area contributed by atoms with Gasteiger partial charge in [0.15, 0.2) is 5.78 Å². The fourth-order valence-corrected chi connectivity index (χ4v) is 6.58. The van der Waals surface area contributed by atoms with E-state index in [1.165, 1.54) is 6.08 Å². The number of carbonyl (C=O) groups excluding carboxylic acids is 3. The number of carbonyl (C=O) groups is 4. The lowest BCUT2D eigenvalue weighted by Gasteiger charge is -2.56. The lowest BCUT2D eigenvalue weighted by molar-refractivity contribution is -0.175. The molecule has 0 aromatic carbocycles. The van der Waals surface area contributed by atoms with Crippen molar-refractivity contribution in [2.24, 2.45) is 28.6 Å². The second-order valence-corrected chi connectivity index (χ2v) is 9.07. The number of aliphatic carboxylic acids is 1. The Morgan fingerprint density at radius 1 is 1.19 bits per heavy atom. The highest BCUT2D eigenvalue weighted by atomic mass is 16.4.